The van der Waals surface area contributed by atoms with Crippen LogP contribution in [0.3, 0.4) is 0 Å². The van der Waals surface area contributed by atoms with Crippen LogP contribution in [0.15, 0.2) is 22.1 Å². The summed E-state index contributed by atoms with van der Waals surface area (Å²) in [6.07, 6.45) is 1.51. The second-order valence-corrected chi connectivity index (χ2v) is 3.65. The van der Waals surface area contributed by atoms with E-state index in [2.05, 4.69) is 9.93 Å². The molecule has 0 amide bonds. The maximum atomic E-state index is 9.63. The Morgan fingerprint density at radius 2 is 2.67 bits per heavy atom. The molecule has 0 bridgehead atoms. The van der Waals surface area contributed by atoms with Crippen LogP contribution in [-0.2, 0) is 11.3 Å². The average Bonchev–Trinajstić information content (AvgIpc) is 2.34. The minimum absolute atomic E-state index is 0.445. The van der Waals surface area contributed by atoms with Crippen molar-refractivity contribution < 1.29 is 4.79 Å². The average molecular weight is 186 g/mol. The van der Waals surface area contributed by atoms with Gasteiger partial charge < -0.3 is 0 Å². The van der Waals surface area contributed by atoms with Crippen LogP contribution >= 0.6 is 0 Å². The molecule has 0 aliphatic carbocycles. The summed E-state index contributed by atoms with van der Waals surface area (Å²) in [4.78, 5) is 15.2. The molecule has 1 heterocycles. The quantitative estimate of drug-likeness (QED) is 0.377. The van der Waals surface area contributed by atoms with Gasteiger partial charge in [0.15, 0.2) is 0 Å². The predicted octanol–water partition coefficient (Wildman–Crippen LogP) is 0.579. The molecule has 1 aromatic rings. The van der Waals surface area contributed by atoms with Crippen LogP contribution in [0, 0.1) is 0 Å². The number of aliphatic imine (C=N–C) groups is 1. The zero-order valence-electron chi connectivity index (χ0n) is 4.70. The van der Waals surface area contributed by atoms with Gasteiger partial charge in [0.05, 0.1) is 0 Å². The zero-order chi connectivity index (χ0) is 6.53. The van der Waals surface area contributed by atoms with Gasteiger partial charge in [-0.25, -0.2) is 0 Å². The molecular weight excluding hydrogens is 181 g/mol. The Bertz CT molecular complexity index is 211. The van der Waals surface area contributed by atoms with E-state index in [0.717, 1.165) is 0 Å². The fraction of sp³-hybridized carbons (Fsp3) is 0.167. The van der Waals surface area contributed by atoms with Crippen molar-refractivity contribution in [2.75, 3.05) is 0 Å². The van der Waals surface area contributed by atoms with E-state index in [4.69, 9.17) is 0 Å². The molecule has 1 aromatic heterocycles. The van der Waals surface area contributed by atoms with Crippen molar-refractivity contribution in [3.05, 3.63) is 21.5 Å². The summed E-state index contributed by atoms with van der Waals surface area (Å²) in [5.74, 6) is 0. The first kappa shape index (κ1) is 6.50. The van der Waals surface area contributed by atoms with Gasteiger partial charge in [-0.1, -0.05) is 0 Å². The number of hydrogen-bond donors (Lipinski definition) is 0. The molecule has 46 valence electrons. The Balaban J connectivity index is 2.57. The van der Waals surface area contributed by atoms with E-state index in [-0.39, 0.29) is 0 Å². The van der Waals surface area contributed by atoms with E-state index >= 15 is 0 Å². The summed E-state index contributed by atoms with van der Waals surface area (Å²) >= 11 is 0.445. The van der Waals surface area contributed by atoms with Gasteiger partial charge in [-0.3, -0.25) is 0 Å². The first-order chi connectivity index (χ1) is 4.43. The number of carbonyl (C=O) groups excluding carboxylic acids is 1. The molecule has 0 aromatic carbocycles. The third-order valence-corrected chi connectivity index (χ3v) is 2.69. The van der Waals surface area contributed by atoms with E-state index in [1.807, 2.05) is 12.1 Å². The SMILES string of the molecule is O=C=NCc1ccc[se]1. The fourth-order valence-corrected chi connectivity index (χ4v) is 1.83. The molecule has 0 unspecified atom stereocenters. The van der Waals surface area contributed by atoms with Crippen molar-refractivity contribution in [1.29, 1.82) is 0 Å². The predicted molar refractivity (Wildman–Crippen MR) is 35.2 cm³/mol. The number of isocyanates is 1. The number of nitrogens with zero attached hydrogens (tertiary/aromatic N) is 1. The first-order valence-corrected chi connectivity index (χ1v) is 4.34. The van der Waals surface area contributed by atoms with Crippen LogP contribution in [0.2, 0.25) is 0 Å². The fourth-order valence-electron chi connectivity index (χ4n) is 0.513. The summed E-state index contributed by atoms with van der Waals surface area (Å²) in [6, 6.07) is 4.00. The Morgan fingerprint density at radius 3 is 3.22 bits per heavy atom. The van der Waals surface area contributed by atoms with Crippen LogP contribution in [0.4, 0.5) is 0 Å². The molecule has 0 saturated heterocycles. The van der Waals surface area contributed by atoms with Crippen molar-refractivity contribution in [3.8, 4) is 0 Å². The van der Waals surface area contributed by atoms with Gasteiger partial charge in [0, 0.05) is 0 Å². The van der Waals surface area contributed by atoms with Crippen molar-refractivity contribution >= 4 is 20.6 Å². The summed E-state index contributed by atoms with van der Waals surface area (Å²) in [6.45, 7) is 0.538. The minimum atomic E-state index is 0.445. The Labute approximate surface area is 59.0 Å². The molecule has 0 spiro atoms. The molecule has 0 aliphatic rings. The van der Waals surface area contributed by atoms with E-state index in [1.54, 1.807) is 0 Å². The van der Waals surface area contributed by atoms with Crippen LogP contribution < -0.4 is 0 Å². The van der Waals surface area contributed by atoms with E-state index in [1.165, 1.54) is 10.5 Å². The first-order valence-electron chi connectivity index (χ1n) is 2.49. The van der Waals surface area contributed by atoms with E-state index in [0.29, 0.717) is 21.0 Å². The van der Waals surface area contributed by atoms with Gasteiger partial charge in [-0.05, 0) is 0 Å². The van der Waals surface area contributed by atoms with Crippen LogP contribution in [0.1, 0.15) is 4.44 Å². The number of hydrogen-bond acceptors (Lipinski definition) is 2. The van der Waals surface area contributed by atoms with E-state index < -0.39 is 0 Å². The second-order valence-electron chi connectivity index (χ2n) is 1.49. The van der Waals surface area contributed by atoms with Crippen LogP contribution in [0.5, 0.6) is 0 Å². The van der Waals surface area contributed by atoms with Gasteiger partial charge in [-0.2, -0.15) is 0 Å². The monoisotopic (exact) mass is 187 g/mol. The second kappa shape index (κ2) is 3.41. The maximum absolute atomic E-state index is 9.63. The van der Waals surface area contributed by atoms with Crippen molar-refractivity contribution in [1.82, 2.24) is 0 Å². The molecule has 0 atom stereocenters. The molecule has 0 fully saturated rings. The van der Waals surface area contributed by atoms with Gasteiger partial charge in [0.25, 0.3) is 0 Å². The molecule has 0 saturated carbocycles. The molecule has 1 rings (SSSR count). The van der Waals surface area contributed by atoms with Gasteiger partial charge in [-0.15, -0.1) is 0 Å². The molecule has 3 heteroatoms. The molecule has 0 N–H and O–H groups in total. The van der Waals surface area contributed by atoms with Gasteiger partial charge >= 0.3 is 58.4 Å². The van der Waals surface area contributed by atoms with Crippen LogP contribution in [0.25, 0.3) is 0 Å². The van der Waals surface area contributed by atoms with Crippen LogP contribution in [-0.4, -0.2) is 20.6 Å². The molecule has 9 heavy (non-hydrogen) atoms. The molecular formula is C6H5NOSe. The third kappa shape index (κ3) is 1.98. The summed E-state index contributed by atoms with van der Waals surface area (Å²) in [5, 5.41) is 0. The molecule has 2 nitrogen and oxygen atoms in total. The topological polar surface area (TPSA) is 29.4 Å². The Kier molecular flexibility index (Phi) is 2.47. The normalized spacial score (nSPS) is 8.44. The van der Waals surface area contributed by atoms with Crippen molar-refractivity contribution in [2.45, 2.75) is 6.54 Å². The Hall–Kier alpha value is -0.621. The third-order valence-electron chi connectivity index (χ3n) is 0.880. The number of rotatable bonds is 2. The van der Waals surface area contributed by atoms with Crippen molar-refractivity contribution in [3.63, 3.8) is 0 Å². The summed E-state index contributed by atoms with van der Waals surface area (Å²) in [5.41, 5.74) is 0. The standard InChI is InChI=1S/C6H5NOSe/c8-5-7-4-6-2-1-3-9-6/h1-3H,4H2. The molecule has 0 radical (unpaired) electrons. The summed E-state index contributed by atoms with van der Waals surface area (Å²) < 4.78 is 1.24. The molecule has 0 aliphatic heterocycles. The Morgan fingerprint density at radius 1 is 1.78 bits per heavy atom. The van der Waals surface area contributed by atoms with Crippen molar-refractivity contribution in [2.24, 2.45) is 4.99 Å². The van der Waals surface area contributed by atoms with E-state index in [9.17, 15) is 4.79 Å². The zero-order valence-corrected chi connectivity index (χ0v) is 6.42. The summed E-state index contributed by atoms with van der Waals surface area (Å²) in [7, 11) is 0. The van der Waals surface area contributed by atoms with Gasteiger partial charge in [0.1, 0.15) is 0 Å². The van der Waals surface area contributed by atoms with Gasteiger partial charge in [0.2, 0.25) is 0 Å².